The number of rotatable bonds is 3. The zero-order valence-electron chi connectivity index (χ0n) is 10.8. The van der Waals surface area contributed by atoms with E-state index in [1.54, 1.807) is 24.3 Å². The first-order chi connectivity index (χ1) is 9.68. The first-order valence-electron chi connectivity index (χ1n) is 6.59. The largest absolute Gasteiger partial charge is 0.381 e. The Morgan fingerprint density at radius 3 is 2.45 bits per heavy atom. The van der Waals surface area contributed by atoms with Crippen LogP contribution in [0, 0.1) is 5.92 Å². The maximum Gasteiger partial charge on any atom is 0.285 e. The quantitative estimate of drug-likeness (QED) is 0.658. The van der Waals surface area contributed by atoms with E-state index in [2.05, 4.69) is 0 Å². The van der Waals surface area contributed by atoms with Gasteiger partial charge in [0.25, 0.3) is 11.8 Å². The molecule has 106 valence electrons. The summed E-state index contributed by atoms with van der Waals surface area (Å²) in [6, 6.07) is 6.49. The first-order valence-corrected chi connectivity index (χ1v) is 6.59. The second kappa shape index (κ2) is 5.32. The zero-order valence-corrected chi connectivity index (χ0v) is 10.8. The standard InChI is InChI=1S/C14H15NO5/c16-12-10-5-1-2-6-11(10)13(17)15(12)20-14(18)9-4-3-7-19-8-9/h1-2,5-6,9,14,18H,3-4,7-8H2. The lowest BCUT2D eigenvalue weighted by Gasteiger charge is -2.28. The van der Waals surface area contributed by atoms with Crippen LogP contribution < -0.4 is 0 Å². The third-order valence-corrected chi connectivity index (χ3v) is 3.57. The number of nitrogens with zero attached hydrogens (tertiary/aromatic N) is 1. The van der Waals surface area contributed by atoms with E-state index in [4.69, 9.17) is 9.57 Å². The fourth-order valence-corrected chi connectivity index (χ4v) is 2.45. The summed E-state index contributed by atoms with van der Waals surface area (Å²) in [4.78, 5) is 29.3. The Balaban J connectivity index is 1.73. The Morgan fingerprint density at radius 1 is 1.25 bits per heavy atom. The average molecular weight is 277 g/mol. The third kappa shape index (κ3) is 2.22. The van der Waals surface area contributed by atoms with Crippen molar-refractivity contribution in [2.45, 2.75) is 19.1 Å². The molecule has 1 fully saturated rings. The molecule has 2 heterocycles. The molecule has 0 spiro atoms. The number of hydrogen-bond acceptors (Lipinski definition) is 5. The fourth-order valence-electron chi connectivity index (χ4n) is 2.45. The number of carbonyl (C=O) groups is 2. The highest BCUT2D eigenvalue weighted by molar-refractivity contribution is 6.20. The number of ether oxygens (including phenoxy) is 1. The van der Waals surface area contributed by atoms with E-state index in [9.17, 15) is 14.7 Å². The molecule has 0 aliphatic carbocycles. The molecule has 2 aliphatic heterocycles. The molecule has 0 saturated carbocycles. The van der Waals surface area contributed by atoms with Gasteiger partial charge in [-0.05, 0) is 25.0 Å². The van der Waals surface area contributed by atoms with Crippen LogP contribution >= 0.6 is 0 Å². The number of imide groups is 1. The Morgan fingerprint density at radius 2 is 1.90 bits per heavy atom. The lowest BCUT2D eigenvalue weighted by Crippen LogP contribution is -2.40. The summed E-state index contributed by atoms with van der Waals surface area (Å²) in [7, 11) is 0. The van der Waals surface area contributed by atoms with Crippen molar-refractivity contribution in [1.29, 1.82) is 0 Å². The van der Waals surface area contributed by atoms with Gasteiger partial charge in [-0.3, -0.25) is 9.59 Å². The Kier molecular flexibility index (Phi) is 3.52. The number of aliphatic hydroxyl groups excluding tert-OH is 1. The molecule has 0 aromatic heterocycles. The monoisotopic (exact) mass is 277 g/mol. The number of benzene rings is 1. The molecule has 20 heavy (non-hydrogen) atoms. The summed E-state index contributed by atoms with van der Waals surface area (Å²) >= 11 is 0. The summed E-state index contributed by atoms with van der Waals surface area (Å²) in [5, 5.41) is 10.6. The van der Waals surface area contributed by atoms with E-state index in [0.29, 0.717) is 29.4 Å². The average Bonchev–Trinajstić information content (AvgIpc) is 2.74. The van der Waals surface area contributed by atoms with E-state index in [1.165, 1.54) is 0 Å². The van der Waals surface area contributed by atoms with E-state index >= 15 is 0 Å². The predicted octanol–water partition coefficient (Wildman–Crippen LogP) is 0.959. The van der Waals surface area contributed by atoms with E-state index in [1.807, 2.05) is 0 Å². The van der Waals surface area contributed by atoms with Crippen LogP contribution in [0.4, 0.5) is 0 Å². The molecule has 1 aromatic carbocycles. The Bertz CT molecular complexity index is 503. The van der Waals surface area contributed by atoms with Gasteiger partial charge in [-0.15, -0.1) is 5.06 Å². The molecule has 6 heteroatoms. The van der Waals surface area contributed by atoms with Crippen LogP contribution in [0.2, 0.25) is 0 Å². The van der Waals surface area contributed by atoms with Crippen LogP contribution in [0.15, 0.2) is 24.3 Å². The van der Waals surface area contributed by atoms with Crippen molar-refractivity contribution in [2.24, 2.45) is 5.92 Å². The lowest BCUT2D eigenvalue weighted by molar-refractivity contribution is -0.244. The summed E-state index contributed by atoms with van der Waals surface area (Å²) in [5.41, 5.74) is 0.592. The fraction of sp³-hybridized carbons (Fsp3) is 0.429. The maximum absolute atomic E-state index is 12.1. The number of hydroxylamine groups is 2. The van der Waals surface area contributed by atoms with Crippen LogP contribution in [0.25, 0.3) is 0 Å². The van der Waals surface area contributed by atoms with Gasteiger partial charge < -0.3 is 9.84 Å². The summed E-state index contributed by atoms with van der Waals surface area (Å²) in [6.45, 7) is 1.03. The molecule has 6 nitrogen and oxygen atoms in total. The molecule has 1 saturated heterocycles. The summed E-state index contributed by atoms with van der Waals surface area (Å²) in [5.74, 6) is -1.31. The number of hydrogen-bond donors (Lipinski definition) is 1. The van der Waals surface area contributed by atoms with Gasteiger partial charge >= 0.3 is 0 Å². The summed E-state index contributed by atoms with van der Waals surface area (Å²) < 4.78 is 5.25. The molecular formula is C14H15NO5. The van der Waals surface area contributed by atoms with Crippen molar-refractivity contribution < 1.29 is 24.3 Å². The smallest absolute Gasteiger partial charge is 0.285 e. The van der Waals surface area contributed by atoms with Crippen LogP contribution in [0.5, 0.6) is 0 Å². The van der Waals surface area contributed by atoms with Crippen LogP contribution in [0.1, 0.15) is 33.6 Å². The van der Waals surface area contributed by atoms with Gasteiger partial charge in [0.1, 0.15) is 0 Å². The molecule has 1 N–H and O–H groups in total. The van der Waals surface area contributed by atoms with Gasteiger partial charge in [0.05, 0.1) is 17.7 Å². The SMILES string of the molecule is O=C1c2ccccc2C(=O)N1OC(O)C1CCCOC1. The van der Waals surface area contributed by atoms with Crippen LogP contribution in [-0.4, -0.2) is 41.5 Å². The molecule has 0 radical (unpaired) electrons. The van der Waals surface area contributed by atoms with Crippen LogP contribution in [0.3, 0.4) is 0 Å². The van der Waals surface area contributed by atoms with Gasteiger partial charge in [-0.2, -0.15) is 0 Å². The highest BCUT2D eigenvalue weighted by Crippen LogP contribution is 2.25. The third-order valence-electron chi connectivity index (χ3n) is 3.57. The molecule has 2 amide bonds. The van der Waals surface area contributed by atoms with Crippen molar-refractivity contribution in [3.8, 4) is 0 Å². The summed E-state index contributed by atoms with van der Waals surface area (Å²) in [6.07, 6.45) is 0.342. The first kappa shape index (κ1) is 13.2. The van der Waals surface area contributed by atoms with E-state index in [0.717, 1.165) is 12.8 Å². The number of amides is 2. The predicted molar refractivity (Wildman–Crippen MR) is 67.6 cm³/mol. The van der Waals surface area contributed by atoms with E-state index < -0.39 is 18.1 Å². The van der Waals surface area contributed by atoms with Crippen LogP contribution in [-0.2, 0) is 9.57 Å². The number of aliphatic hydroxyl groups is 1. The molecule has 2 atom stereocenters. The molecule has 3 rings (SSSR count). The Labute approximate surface area is 115 Å². The zero-order chi connectivity index (χ0) is 14.1. The van der Waals surface area contributed by atoms with Crippen molar-refractivity contribution >= 4 is 11.8 Å². The van der Waals surface area contributed by atoms with Gasteiger partial charge in [-0.1, -0.05) is 12.1 Å². The number of fused-ring (bicyclic) bond motifs is 1. The molecule has 2 aliphatic rings. The normalized spacial score (nSPS) is 23.9. The topological polar surface area (TPSA) is 76.1 Å². The van der Waals surface area contributed by atoms with Gasteiger partial charge in [-0.25, -0.2) is 4.84 Å². The van der Waals surface area contributed by atoms with Gasteiger partial charge in [0.15, 0.2) is 6.29 Å². The number of carbonyl (C=O) groups excluding carboxylic acids is 2. The van der Waals surface area contributed by atoms with Crippen molar-refractivity contribution in [1.82, 2.24) is 5.06 Å². The van der Waals surface area contributed by atoms with Crippen molar-refractivity contribution in [2.75, 3.05) is 13.2 Å². The second-order valence-corrected chi connectivity index (χ2v) is 4.92. The maximum atomic E-state index is 12.1. The second-order valence-electron chi connectivity index (χ2n) is 4.92. The van der Waals surface area contributed by atoms with Gasteiger partial charge in [0, 0.05) is 12.5 Å². The van der Waals surface area contributed by atoms with Crippen molar-refractivity contribution in [3.05, 3.63) is 35.4 Å². The molecule has 0 bridgehead atoms. The minimum absolute atomic E-state index is 0.229. The Hall–Kier alpha value is -1.76. The van der Waals surface area contributed by atoms with E-state index in [-0.39, 0.29) is 5.92 Å². The molecular weight excluding hydrogens is 262 g/mol. The molecule has 2 unspecified atom stereocenters. The van der Waals surface area contributed by atoms with Crippen molar-refractivity contribution in [3.63, 3.8) is 0 Å². The lowest BCUT2D eigenvalue weighted by atomic mass is 10.0. The minimum atomic E-state index is -1.22. The van der Waals surface area contributed by atoms with Gasteiger partial charge in [0.2, 0.25) is 0 Å². The highest BCUT2D eigenvalue weighted by Gasteiger charge is 2.39. The highest BCUT2D eigenvalue weighted by atomic mass is 16.8. The molecule has 1 aromatic rings. The minimum Gasteiger partial charge on any atom is -0.381 e.